The number of carbonyl (C=O) groups excluding carboxylic acids is 1. The molecule has 176 valence electrons. The quantitative estimate of drug-likeness (QED) is 0.522. The molecule has 0 bridgehead atoms. The van der Waals surface area contributed by atoms with Crippen molar-refractivity contribution in [2.24, 2.45) is 11.7 Å². The average molecular weight is 463 g/mol. The van der Waals surface area contributed by atoms with Gasteiger partial charge in [0.15, 0.2) is 23.1 Å². The van der Waals surface area contributed by atoms with Gasteiger partial charge in [-0.05, 0) is 38.0 Å². The third-order valence-corrected chi connectivity index (χ3v) is 6.21. The van der Waals surface area contributed by atoms with Crippen molar-refractivity contribution in [1.29, 1.82) is 0 Å². The van der Waals surface area contributed by atoms with Gasteiger partial charge < -0.3 is 30.2 Å². The molecule has 2 aliphatic heterocycles. The number of hydrogen-bond acceptors (Lipinski definition) is 9. The lowest BCUT2D eigenvalue weighted by molar-refractivity contribution is 0.102. The zero-order valence-electron chi connectivity index (χ0n) is 19.0. The minimum Gasteiger partial charge on any atom is -0.444 e. The summed E-state index contributed by atoms with van der Waals surface area (Å²) >= 11 is 0. The number of ether oxygens (including phenoxy) is 1. The fraction of sp³-hybridized carbons (Fsp3) is 0.333. The molecule has 10 nitrogen and oxygen atoms in total. The molecule has 3 aromatic heterocycles. The Bertz CT molecular complexity index is 1250. The van der Waals surface area contributed by atoms with Gasteiger partial charge in [-0.3, -0.25) is 9.78 Å². The Morgan fingerprint density at radius 2 is 2.24 bits per heavy atom. The van der Waals surface area contributed by atoms with E-state index in [0.717, 1.165) is 24.2 Å². The SMILES string of the molecule is CC1=C(N)Oc2cc(NC(=O)c3coc(-c4cccnc4)n3)c(N3CCC(C(C)O)C3)nc2C1. The Labute approximate surface area is 196 Å². The van der Waals surface area contributed by atoms with Gasteiger partial charge in [-0.1, -0.05) is 0 Å². The number of oxazole rings is 1. The standard InChI is InChI=1S/C24H26N6O4/c1-13-8-17-20(34-21(13)25)9-18(22(27-17)30-7-5-16(11-30)14(2)31)28-23(32)19-12-33-24(29-19)15-4-3-6-26-10-15/h3-4,6,9-10,12,14,16,31H,5,7-8,11,25H2,1-2H3,(H,28,32). The summed E-state index contributed by atoms with van der Waals surface area (Å²) in [5, 5.41) is 13.0. The van der Waals surface area contributed by atoms with Crippen LogP contribution in [-0.4, -0.2) is 45.2 Å². The maximum atomic E-state index is 13.1. The zero-order chi connectivity index (χ0) is 23.8. The Morgan fingerprint density at radius 3 is 2.97 bits per heavy atom. The maximum Gasteiger partial charge on any atom is 0.277 e. The predicted molar refractivity (Wildman–Crippen MR) is 125 cm³/mol. The lowest BCUT2D eigenvalue weighted by atomic mass is 10.0. The van der Waals surface area contributed by atoms with Crippen molar-refractivity contribution in [2.45, 2.75) is 32.8 Å². The van der Waals surface area contributed by atoms with Crippen molar-refractivity contribution < 1.29 is 19.1 Å². The van der Waals surface area contributed by atoms with Crippen LogP contribution in [0.5, 0.6) is 5.75 Å². The van der Waals surface area contributed by atoms with Crippen LogP contribution in [-0.2, 0) is 6.42 Å². The van der Waals surface area contributed by atoms with Crippen LogP contribution in [0.3, 0.4) is 0 Å². The zero-order valence-corrected chi connectivity index (χ0v) is 19.0. The van der Waals surface area contributed by atoms with Crippen molar-refractivity contribution in [2.75, 3.05) is 23.3 Å². The van der Waals surface area contributed by atoms with Gasteiger partial charge in [0.05, 0.1) is 23.0 Å². The molecule has 1 fully saturated rings. The second-order valence-corrected chi connectivity index (χ2v) is 8.70. The number of fused-ring (bicyclic) bond motifs is 1. The Hall–Kier alpha value is -3.92. The first-order valence-electron chi connectivity index (χ1n) is 11.2. The monoisotopic (exact) mass is 462 g/mol. The van der Waals surface area contributed by atoms with Gasteiger partial charge >= 0.3 is 0 Å². The number of nitrogens with zero attached hydrogens (tertiary/aromatic N) is 4. The highest BCUT2D eigenvalue weighted by molar-refractivity contribution is 6.04. The summed E-state index contributed by atoms with van der Waals surface area (Å²) in [7, 11) is 0. The lowest BCUT2D eigenvalue weighted by Crippen LogP contribution is -2.27. The molecule has 4 N–H and O–H groups in total. The van der Waals surface area contributed by atoms with Crippen molar-refractivity contribution in [3.05, 3.63) is 59.7 Å². The molecule has 3 aromatic rings. The number of aliphatic hydroxyl groups is 1. The highest BCUT2D eigenvalue weighted by atomic mass is 16.5. The van der Waals surface area contributed by atoms with E-state index in [9.17, 15) is 9.90 Å². The summed E-state index contributed by atoms with van der Waals surface area (Å²) in [6.07, 6.45) is 5.55. The maximum absolute atomic E-state index is 13.1. The van der Waals surface area contributed by atoms with Gasteiger partial charge in [-0.25, -0.2) is 9.97 Å². The molecule has 2 atom stereocenters. The summed E-state index contributed by atoms with van der Waals surface area (Å²) in [5.74, 6) is 1.47. The smallest absolute Gasteiger partial charge is 0.277 e. The number of hydrogen-bond donors (Lipinski definition) is 3. The molecule has 10 heteroatoms. The van der Waals surface area contributed by atoms with Crippen LogP contribution in [0.2, 0.25) is 0 Å². The van der Waals surface area contributed by atoms with Crippen LogP contribution in [0.25, 0.3) is 11.5 Å². The first-order chi connectivity index (χ1) is 16.4. The van der Waals surface area contributed by atoms with Crippen molar-refractivity contribution in [3.8, 4) is 17.2 Å². The van der Waals surface area contributed by atoms with Crippen LogP contribution >= 0.6 is 0 Å². The molecule has 0 saturated carbocycles. The van der Waals surface area contributed by atoms with Gasteiger partial charge in [-0.2, -0.15) is 0 Å². The van der Waals surface area contributed by atoms with E-state index in [-0.39, 0.29) is 11.6 Å². The molecule has 34 heavy (non-hydrogen) atoms. The molecule has 0 aliphatic carbocycles. The molecule has 5 heterocycles. The number of aliphatic hydroxyl groups excluding tert-OH is 1. The van der Waals surface area contributed by atoms with Crippen LogP contribution in [0.15, 0.2) is 52.7 Å². The second-order valence-electron chi connectivity index (χ2n) is 8.70. The molecule has 0 radical (unpaired) electrons. The van der Waals surface area contributed by atoms with E-state index in [1.54, 1.807) is 37.5 Å². The number of nitrogens with one attached hydrogen (secondary N) is 1. The minimum absolute atomic E-state index is 0.127. The van der Waals surface area contributed by atoms with Crippen LogP contribution in [0.1, 0.15) is 36.5 Å². The lowest BCUT2D eigenvalue weighted by Gasteiger charge is -2.25. The predicted octanol–water partition coefficient (Wildman–Crippen LogP) is 2.72. The molecule has 2 aliphatic rings. The second kappa shape index (κ2) is 8.79. The normalized spacial score (nSPS) is 18.4. The average Bonchev–Trinajstić information content (AvgIpc) is 3.51. The molecule has 0 spiro atoms. The molecule has 1 amide bonds. The van der Waals surface area contributed by atoms with Crippen molar-refractivity contribution >= 4 is 17.4 Å². The third-order valence-electron chi connectivity index (χ3n) is 6.21. The number of nitrogens with two attached hydrogens (primary N) is 1. The van der Waals surface area contributed by atoms with Crippen molar-refractivity contribution in [1.82, 2.24) is 15.0 Å². The Balaban J connectivity index is 1.45. The number of carbonyl (C=O) groups is 1. The van der Waals surface area contributed by atoms with Gasteiger partial charge in [-0.15, -0.1) is 0 Å². The molecular formula is C24H26N6O4. The summed E-state index contributed by atoms with van der Waals surface area (Å²) < 4.78 is 11.2. The number of amides is 1. The Morgan fingerprint density at radius 1 is 1.38 bits per heavy atom. The van der Waals surface area contributed by atoms with Gasteiger partial charge in [0, 0.05) is 43.9 Å². The highest BCUT2D eigenvalue weighted by Gasteiger charge is 2.31. The van der Waals surface area contributed by atoms with Crippen molar-refractivity contribution in [3.63, 3.8) is 0 Å². The Kier molecular flexibility index (Phi) is 5.66. The third kappa shape index (κ3) is 4.19. The van der Waals surface area contributed by atoms with E-state index in [4.69, 9.17) is 19.9 Å². The van der Waals surface area contributed by atoms with E-state index in [2.05, 4.69) is 20.2 Å². The number of rotatable bonds is 5. The number of allylic oxidation sites excluding steroid dienone is 1. The molecule has 1 saturated heterocycles. The fourth-order valence-corrected chi connectivity index (χ4v) is 4.17. The number of anilines is 2. The fourth-order valence-electron chi connectivity index (χ4n) is 4.17. The molecular weight excluding hydrogens is 436 g/mol. The molecule has 5 rings (SSSR count). The van der Waals surface area contributed by atoms with E-state index in [1.165, 1.54) is 6.26 Å². The first-order valence-corrected chi connectivity index (χ1v) is 11.2. The van der Waals surface area contributed by atoms with E-state index in [1.807, 2.05) is 6.92 Å². The molecule has 0 aromatic carbocycles. The summed E-state index contributed by atoms with van der Waals surface area (Å²) in [5.41, 5.74) is 8.91. The largest absolute Gasteiger partial charge is 0.444 e. The summed E-state index contributed by atoms with van der Waals surface area (Å²) in [6.45, 7) is 5.06. The number of pyridine rings is 2. The van der Waals surface area contributed by atoms with E-state index in [0.29, 0.717) is 47.6 Å². The van der Waals surface area contributed by atoms with E-state index < -0.39 is 12.0 Å². The number of aromatic nitrogens is 3. The minimum atomic E-state index is -0.441. The summed E-state index contributed by atoms with van der Waals surface area (Å²) in [4.78, 5) is 28.3. The molecule has 2 unspecified atom stereocenters. The van der Waals surface area contributed by atoms with Crippen LogP contribution < -0.4 is 20.7 Å². The van der Waals surface area contributed by atoms with Crippen LogP contribution in [0.4, 0.5) is 11.5 Å². The van der Waals surface area contributed by atoms with Gasteiger partial charge in [0.1, 0.15) is 6.26 Å². The van der Waals surface area contributed by atoms with Crippen LogP contribution in [0, 0.1) is 5.92 Å². The van der Waals surface area contributed by atoms with E-state index >= 15 is 0 Å². The topological polar surface area (TPSA) is 140 Å². The summed E-state index contributed by atoms with van der Waals surface area (Å²) in [6, 6.07) is 5.31. The first kappa shape index (κ1) is 21.9. The highest BCUT2D eigenvalue weighted by Crippen LogP contribution is 2.37. The van der Waals surface area contributed by atoms with Gasteiger partial charge in [0.25, 0.3) is 5.91 Å². The van der Waals surface area contributed by atoms with Gasteiger partial charge in [0.2, 0.25) is 5.89 Å².